The molecule has 9 nitrogen and oxygen atoms in total. The molecule has 5 rings (SSSR count). The van der Waals surface area contributed by atoms with Gasteiger partial charge < -0.3 is 10.1 Å². The summed E-state index contributed by atoms with van der Waals surface area (Å²) in [4.78, 5) is 26.2. The fourth-order valence-electron chi connectivity index (χ4n) is 3.31. The second-order valence-electron chi connectivity index (χ2n) is 6.90. The Morgan fingerprint density at radius 3 is 2.22 bits per heavy atom. The van der Waals surface area contributed by atoms with Gasteiger partial charge in [-0.15, -0.1) is 20.4 Å². The molecule has 0 saturated carbocycles. The van der Waals surface area contributed by atoms with Gasteiger partial charge in [0, 0.05) is 5.56 Å². The quantitative estimate of drug-likeness (QED) is 0.450. The Bertz CT molecular complexity index is 1270. The molecule has 10 heteroatoms. The van der Waals surface area contributed by atoms with Gasteiger partial charge in [0.25, 0.3) is 11.8 Å². The maximum Gasteiger partial charge on any atom is 0.261 e. The highest BCUT2D eigenvalue weighted by Crippen LogP contribution is 2.27. The van der Waals surface area contributed by atoms with Crippen LogP contribution in [0.1, 0.15) is 25.7 Å². The highest BCUT2D eigenvalue weighted by Gasteiger charge is 2.35. The van der Waals surface area contributed by atoms with Crippen molar-refractivity contribution in [2.24, 2.45) is 0 Å². The van der Waals surface area contributed by atoms with E-state index in [-0.39, 0.29) is 18.4 Å². The number of carbonyl (C=O) groups excluding carboxylic acids is 2. The molecule has 0 bridgehead atoms. The molecule has 3 heterocycles. The molecule has 0 saturated heterocycles. The molecule has 4 aromatic rings. The number of fused-ring (bicyclic) bond motifs is 1. The second-order valence-corrected chi connectivity index (χ2v) is 7.96. The Labute approximate surface area is 186 Å². The van der Waals surface area contributed by atoms with Crippen molar-refractivity contribution in [1.82, 2.24) is 25.3 Å². The highest BCUT2D eigenvalue weighted by molar-refractivity contribution is 7.15. The van der Waals surface area contributed by atoms with E-state index in [2.05, 4.69) is 25.7 Å². The minimum Gasteiger partial charge on any atom is -0.497 e. The van der Waals surface area contributed by atoms with Gasteiger partial charge in [-0.2, -0.15) is 0 Å². The number of benzene rings is 2. The van der Waals surface area contributed by atoms with Crippen molar-refractivity contribution in [3.05, 3.63) is 76.8 Å². The lowest BCUT2D eigenvalue weighted by atomic mass is 10.1. The van der Waals surface area contributed by atoms with E-state index < -0.39 is 0 Å². The van der Waals surface area contributed by atoms with Crippen LogP contribution in [0.2, 0.25) is 0 Å². The number of hydrogen-bond acceptors (Lipinski definition) is 9. The lowest BCUT2D eigenvalue weighted by molar-refractivity contribution is 0.0642. The van der Waals surface area contributed by atoms with Gasteiger partial charge in [0.1, 0.15) is 10.8 Å². The molecule has 0 fully saturated rings. The molecule has 158 valence electrons. The summed E-state index contributed by atoms with van der Waals surface area (Å²) in [6, 6.07) is 17.9. The number of nitrogens with zero attached hydrogens (tertiary/aromatic N) is 5. The number of hydrogen-bond donors (Lipinski definition) is 1. The Morgan fingerprint density at radius 2 is 1.59 bits per heavy atom. The summed E-state index contributed by atoms with van der Waals surface area (Å²) in [6.07, 6.45) is 0. The van der Waals surface area contributed by atoms with E-state index in [1.54, 1.807) is 37.4 Å². The first-order valence-corrected chi connectivity index (χ1v) is 10.5. The Morgan fingerprint density at radius 1 is 0.875 bits per heavy atom. The number of carbonyl (C=O) groups is 2. The van der Waals surface area contributed by atoms with Gasteiger partial charge in [0.15, 0.2) is 5.82 Å². The minimum absolute atomic E-state index is 0.0633. The van der Waals surface area contributed by atoms with Crippen molar-refractivity contribution in [2.75, 3.05) is 12.4 Å². The van der Waals surface area contributed by atoms with Crippen LogP contribution in [0.25, 0.3) is 11.3 Å². The van der Waals surface area contributed by atoms with Crippen molar-refractivity contribution < 1.29 is 14.3 Å². The molecule has 0 atom stereocenters. The number of imide groups is 1. The molecule has 2 aromatic carbocycles. The smallest absolute Gasteiger partial charge is 0.261 e. The first-order valence-electron chi connectivity index (χ1n) is 9.65. The van der Waals surface area contributed by atoms with Gasteiger partial charge in [-0.25, -0.2) is 0 Å². The Hall–Kier alpha value is -4.18. The SMILES string of the molecule is COc1ccc(-c2ccc(Nc3nnc(CN4C(=O)c5ccccc5C4=O)s3)nn2)cc1. The third kappa shape index (κ3) is 3.67. The van der Waals surface area contributed by atoms with E-state index in [0.717, 1.165) is 17.0 Å². The zero-order valence-corrected chi connectivity index (χ0v) is 17.7. The summed E-state index contributed by atoms with van der Waals surface area (Å²) in [5.74, 6) is 0.629. The molecule has 0 aliphatic carbocycles. The first kappa shape index (κ1) is 19.8. The third-order valence-corrected chi connectivity index (χ3v) is 5.75. The van der Waals surface area contributed by atoms with Gasteiger partial charge >= 0.3 is 0 Å². The number of rotatable bonds is 6. The van der Waals surface area contributed by atoms with Gasteiger partial charge in [0.2, 0.25) is 5.13 Å². The standard InChI is InChI=1S/C22H16N6O3S/c1-31-14-8-6-13(7-9-14)17-10-11-18(25-24-17)23-22-27-26-19(32-22)12-28-20(29)15-4-2-3-5-16(15)21(28)30/h2-11H,12H2,1H3,(H,23,25,27). The Balaban J connectivity index is 1.26. The van der Waals surface area contributed by atoms with Crippen molar-refractivity contribution >= 4 is 34.1 Å². The van der Waals surface area contributed by atoms with Crippen molar-refractivity contribution in [3.63, 3.8) is 0 Å². The summed E-state index contributed by atoms with van der Waals surface area (Å²) in [7, 11) is 1.62. The average molecular weight is 444 g/mol. The van der Waals surface area contributed by atoms with Crippen LogP contribution in [0.4, 0.5) is 10.9 Å². The monoisotopic (exact) mass is 444 g/mol. The predicted octanol–water partition coefficient (Wildman–Crippen LogP) is 3.54. The summed E-state index contributed by atoms with van der Waals surface area (Å²) in [5, 5.41) is 20.7. The van der Waals surface area contributed by atoms with Crippen LogP contribution < -0.4 is 10.1 Å². The molecule has 2 aromatic heterocycles. The lowest BCUT2D eigenvalue weighted by Crippen LogP contribution is -2.29. The van der Waals surface area contributed by atoms with Gasteiger partial charge in [-0.05, 0) is 48.5 Å². The van der Waals surface area contributed by atoms with E-state index in [1.807, 2.05) is 30.3 Å². The topological polar surface area (TPSA) is 110 Å². The van der Waals surface area contributed by atoms with Gasteiger partial charge in [-0.1, -0.05) is 23.5 Å². The number of aromatic nitrogens is 4. The molecule has 2 amide bonds. The fourth-order valence-corrected chi connectivity index (χ4v) is 4.05. The van der Waals surface area contributed by atoms with E-state index in [9.17, 15) is 9.59 Å². The molecule has 0 radical (unpaired) electrons. The van der Waals surface area contributed by atoms with Crippen molar-refractivity contribution in [1.29, 1.82) is 0 Å². The van der Waals surface area contributed by atoms with Crippen LogP contribution in [-0.4, -0.2) is 44.2 Å². The first-order chi connectivity index (χ1) is 15.6. The normalized spacial score (nSPS) is 12.7. The lowest BCUT2D eigenvalue weighted by Gasteiger charge is -2.10. The van der Waals surface area contributed by atoms with E-state index in [0.29, 0.717) is 27.1 Å². The summed E-state index contributed by atoms with van der Waals surface area (Å²) < 4.78 is 5.16. The molecular weight excluding hydrogens is 428 g/mol. The summed E-state index contributed by atoms with van der Waals surface area (Å²) in [5.41, 5.74) is 2.46. The van der Waals surface area contributed by atoms with E-state index in [4.69, 9.17) is 4.74 Å². The molecule has 1 N–H and O–H groups in total. The minimum atomic E-state index is -0.324. The highest BCUT2D eigenvalue weighted by atomic mass is 32.1. The van der Waals surface area contributed by atoms with Crippen molar-refractivity contribution in [2.45, 2.75) is 6.54 Å². The molecule has 32 heavy (non-hydrogen) atoms. The summed E-state index contributed by atoms with van der Waals surface area (Å²) in [6.45, 7) is 0.0633. The largest absolute Gasteiger partial charge is 0.497 e. The van der Waals surface area contributed by atoms with Crippen LogP contribution >= 0.6 is 11.3 Å². The number of amides is 2. The zero-order valence-electron chi connectivity index (χ0n) is 16.8. The Kier molecular flexibility index (Phi) is 5.04. The van der Waals surface area contributed by atoms with Gasteiger partial charge in [-0.3, -0.25) is 14.5 Å². The zero-order chi connectivity index (χ0) is 22.1. The fraction of sp³-hybridized carbons (Fsp3) is 0.0909. The van der Waals surface area contributed by atoms with Crippen LogP contribution in [0.5, 0.6) is 5.75 Å². The molecule has 0 spiro atoms. The molecule has 0 unspecified atom stereocenters. The van der Waals surface area contributed by atoms with Crippen LogP contribution in [0.15, 0.2) is 60.7 Å². The van der Waals surface area contributed by atoms with E-state index in [1.165, 1.54) is 16.2 Å². The molecule has 1 aliphatic rings. The van der Waals surface area contributed by atoms with Crippen LogP contribution in [0.3, 0.4) is 0 Å². The number of methoxy groups -OCH3 is 1. The second kappa shape index (κ2) is 8.16. The van der Waals surface area contributed by atoms with Gasteiger partial charge in [0.05, 0.1) is 30.5 Å². The average Bonchev–Trinajstić information content (AvgIpc) is 3.38. The maximum absolute atomic E-state index is 12.5. The van der Waals surface area contributed by atoms with Crippen LogP contribution in [-0.2, 0) is 6.54 Å². The van der Waals surface area contributed by atoms with Crippen molar-refractivity contribution in [3.8, 4) is 17.0 Å². The van der Waals surface area contributed by atoms with Crippen LogP contribution in [0, 0.1) is 0 Å². The molecular formula is C22H16N6O3S. The number of ether oxygens (including phenoxy) is 1. The maximum atomic E-state index is 12.5. The predicted molar refractivity (Wildman–Crippen MR) is 118 cm³/mol. The number of nitrogens with one attached hydrogen (secondary N) is 1. The summed E-state index contributed by atoms with van der Waals surface area (Å²) >= 11 is 1.24. The molecule has 1 aliphatic heterocycles. The third-order valence-electron chi connectivity index (χ3n) is 4.92. The number of anilines is 2. The van der Waals surface area contributed by atoms with E-state index >= 15 is 0 Å².